The molecule has 0 atom stereocenters. The molecule has 0 radical (unpaired) electrons. The molecule has 0 unspecified atom stereocenters. The minimum absolute atomic E-state index is 0.0535. The Morgan fingerprint density at radius 3 is 2.44 bits per heavy atom. The molecule has 0 aliphatic rings. The molecule has 4 rings (SSSR count). The molecule has 1 N–H and O–H groups in total. The first kappa shape index (κ1) is 30.2. The topological polar surface area (TPSA) is 93.0 Å². The second kappa shape index (κ2) is 12.8. The van der Waals surface area contributed by atoms with Crippen molar-refractivity contribution in [1.82, 2.24) is 9.99 Å². The number of benzene rings is 3. The van der Waals surface area contributed by atoms with E-state index >= 15 is 0 Å². The van der Waals surface area contributed by atoms with Crippen LogP contribution in [0.1, 0.15) is 29.4 Å². The highest BCUT2D eigenvalue weighted by atomic mass is 35.5. The monoisotopic (exact) mass is 612 g/mol. The van der Waals surface area contributed by atoms with Crippen molar-refractivity contribution < 1.29 is 17.9 Å². The first-order valence-electron chi connectivity index (χ1n) is 12.8. The number of hydrogen-bond donors (Lipinski definition) is 1. The molecule has 3 aromatic carbocycles. The molecule has 0 saturated carbocycles. The zero-order chi connectivity index (χ0) is 29.7. The highest BCUT2D eigenvalue weighted by Gasteiger charge is 2.29. The van der Waals surface area contributed by atoms with Gasteiger partial charge in [-0.05, 0) is 70.2 Å². The molecule has 0 saturated heterocycles. The molecule has 11 heteroatoms. The van der Waals surface area contributed by atoms with E-state index in [1.54, 1.807) is 49.4 Å². The molecule has 0 bridgehead atoms. The van der Waals surface area contributed by atoms with Gasteiger partial charge in [0.05, 0.1) is 39.1 Å². The van der Waals surface area contributed by atoms with Crippen molar-refractivity contribution in [3.05, 3.63) is 105 Å². The van der Waals surface area contributed by atoms with Gasteiger partial charge in [-0.3, -0.25) is 9.10 Å². The van der Waals surface area contributed by atoms with Gasteiger partial charge in [-0.2, -0.15) is 5.10 Å². The number of carbonyl (C=O) groups excluding carboxylic acids is 1. The Morgan fingerprint density at radius 1 is 1.02 bits per heavy atom. The zero-order valence-electron chi connectivity index (χ0n) is 23.1. The number of nitrogens with zero attached hydrogens (tertiary/aromatic N) is 3. The number of ether oxygens (including phenoxy) is 1. The summed E-state index contributed by atoms with van der Waals surface area (Å²) in [4.78, 5) is 13.1. The number of nitrogens with one attached hydrogen (secondary N) is 1. The lowest BCUT2D eigenvalue weighted by Gasteiger charge is -2.25. The second-order valence-corrected chi connectivity index (χ2v) is 11.9. The number of aromatic nitrogens is 1. The summed E-state index contributed by atoms with van der Waals surface area (Å²) in [5.41, 5.74) is 6.81. The number of rotatable bonds is 10. The Balaban J connectivity index is 1.60. The van der Waals surface area contributed by atoms with Crippen LogP contribution in [-0.2, 0) is 14.8 Å². The van der Waals surface area contributed by atoms with Crippen molar-refractivity contribution in [2.24, 2.45) is 5.10 Å². The summed E-state index contributed by atoms with van der Waals surface area (Å²) in [5.74, 6) is -0.288. The fourth-order valence-electron chi connectivity index (χ4n) is 4.37. The smallest absolute Gasteiger partial charge is 0.264 e. The molecular formula is C30H30Cl2N4O4S. The van der Waals surface area contributed by atoms with Crippen molar-refractivity contribution in [3.63, 3.8) is 0 Å². The van der Waals surface area contributed by atoms with Crippen molar-refractivity contribution >= 4 is 51.0 Å². The molecule has 0 fully saturated rings. The van der Waals surface area contributed by atoms with Crippen molar-refractivity contribution in [2.75, 3.05) is 17.5 Å². The van der Waals surface area contributed by atoms with Crippen LogP contribution in [0.25, 0.3) is 5.69 Å². The zero-order valence-corrected chi connectivity index (χ0v) is 25.4. The predicted molar refractivity (Wildman–Crippen MR) is 164 cm³/mol. The molecule has 0 aliphatic heterocycles. The number of sulfonamides is 1. The van der Waals surface area contributed by atoms with Gasteiger partial charge in [0, 0.05) is 17.0 Å². The van der Waals surface area contributed by atoms with Gasteiger partial charge in [0.2, 0.25) is 0 Å². The summed E-state index contributed by atoms with van der Waals surface area (Å²) in [6.45, 7) is 7.29. The summed E-state index contributed by atoms with van der Waals surface area (Å²) in [6.07, 6.45) is 1.50. The number of halogens is 2. The van der Waals surface area contributed by atoms with E-state index in [1.165, 1.54) is 18.3 Å². The van der Waals surface area contributed by atoms with Crippen molar-refractivity contribution in [3.8, 4) is 11.4 Å². The van der Waals surface area contributed by atoms with E-state index in [0.29, 0.717) is 22.4 Å². The molecule has 4 aromatic rings. The molecule has 1 heterocycles. The number of carbonyl (C=O) groups is 1. The molecule has 8 nitrogen and oxygen atoms in total. The highest BCUT2D eigenvalue weighted by molar-refractivity contribution is 7.92. The summed E-state index contributed by atoms with van der Waals surface area (Å²) < 4.78 is 36.1. The van der Waals surface area contributed by atoms with Gasteiger partial charge in [0.15, 0.2) is 0 Å². The summed E-state index contributed by atoms with van der Waals surface area (Å²) >= 11 is 12.7. The summed E-state index contributed by atoms with van der Waals surface area (Å²) in [5, 5.41) is 4.98. The van der Waals surface area contributed by atoms with E-state index in [9.17, 15) is 13.2 Å². The van der Waals surface area contributed by atoms with Crippen LogP contribution >= 0.6 is 23.2 Å². The third kappa shape index (κ3) is 6.59. The van der Waals surface area contributed by atoms with Crippen molar-refractivity contribution in [2.45, 2.75) is 32.6 Å². The van der Waals surface area contributed by atoms with E-state index in [2.05, 4.69) is 10.5 Å². The molecule has 214 valence electrons. The van der Waals surface area contributed by atoms with E-state index in [1.807, 2.05) is 43.5 Å². The molecule has 0 spiro atoms. The van der Waals surface area contributed by atoms with Crippen LogP contribution in [0.5, 0.6) is 5.75 Å². The first-order valence-corrected chi connectivity index (χ1v) is 15.0. The van der Waals surface area contributed by atoms with Gasteiger partial charge in [-0.25, -0.2) is 13.8 Å². The van der Waals surface area contributed by atoms with E-state index in [-0.39, 0.29) is 10.6 Å². The lowest BCUT2D eigenvalue weighted by atomic mass is 10.2. The maximum absolute atomic E-state index is 13.7. The van der Waals surface area contributed by atoms with Crippen LogP contribution < -0.4 is 14.5 Å². The van der Waals surface area contributed by atoms with Gasteiger partial charge in [0.25, 0.3) is 15.9 Å². The summed E-state index contributed by atoms with van der Waals surface area (Å²) in [6, 6.07) is 20.4. The number of anilines is 1. The fourth-order valence-corrected chi connectivity index (χ4v) is 6.18. The minimum Gasteiger partial charge on any atom is -0.492 e. The summed E-state index contributed by atoms with van der Waals surface area (Å²) in [7, 11) is -4.12. The predicted octanol–water partition coefficient (Wildman–Crippen LogP) is 6.45. The van der Waals surface area contributed by atoms with Crippen LogP contribution in [0.4, 0.5) is 5.69 Å². The van der Waals surface area contributed by atoms with Crippen LogP contribution in [0.15, 0.2) is 82.8 Å². The Hall–Kier alpha value is -3.79. The Morgan fingerprint density at radius 2 is 1.73 bits per heavy atom. The van der Waals surface area contributed by atoms with Crippen LogP contribution in [0.2, 0.25) is 10.0 Å². The Labute approximate surface area is 250 Å². The molecule has 0 aliphatic carbocycles. The number of para-hydroxylation sites is 2. The first-order chi connectivity index (χ1) is 19.5. The standard InChI is InChI=1S/C30H30Cl2N4O4S/c1-5-40-28-12-7-6-10-26(28)35(41(38,39)24-15-13-20(2)14-16-24)19-29(37)34-33-18-23-17-21(3)36(22(23)4)27-11-8-9-25(31)30(27)32/h6-18H,5,19H2,1-4H3,(H,34,37)/b33-18+. The van der Waals surface area contributed by atoms with Gasteiger partial charge in [-0.1, -0.05) is 59.1 Å². The maximum atomic E-state index is 13.7. The Kier molecular flexibility index (Phi) is 9.42. The van der Waals surface area contributed by atoms with Crippen LogP contribution in [0.3, 0.4) is 0 Å². The largest absolute Gasteiger partial charge is 0.492 e. The highest BCUT2D eigenvalue weighted by Crippen LogP contribution is 2.33. The fraction of sp³-hybridized carbons (Fsp3) is 0.200. The number of hydrogen-bond acceptors (Lipinski definition) is 5. The molecule has 1 amide bonds. The van der Waals surface area contributed by atoms with Crippen LogP contribution in [-0.4, -0.2) is 38.3 Å². The normalized spacial score (nSPS) is 11.6. The average Bonchev–Trinajstić information content (AvgIpc) is 3.22. The number of hydrazone groups is 1. The molecular weight excluding hydrogens is 583 g/mol. The van der Waals surface area contributed by atoms with Gasteiger partial charge in [-0.15, -0.1) is 0 Å². The van der Waals surface area contributed by atoms with Gasteiger partial charge in [0.1, 0.15) is 12.3 Å². The number of amides is 1. The van der Waals surface area contributed by atoms with Gasteiger partial charge >= 0.3 is 0 Å². The quantitative estimate of drug-likeness (QED) is 0.164. The maximum Gasteiger partial charge on any atom is 0.264 e. The minimum atomic E-state index is -4.12. The average molecular weight is 614 g/mol. The third-order valence-corrected chi connectivity index (χ3v) is 8.95. The van der Waals surface area contributed by atoms with E-state index in [0.717, 1.165) is 32.5 Å². The SMILES string of the molecule is CCOc1ccccc1N(CC(=O)N/N=C/c1cc(C)n(-c2cccc(Cl)c2Cl)c1C)S(=O)(=O)c1ccc(C)cc1. The van der Waals surface area contributed by atoms with Crippen LogP contribution in [0, 0.1) is 20.8 Å². The molecule has 41 heavy (non-hydrogen) atoms. The van der Waals surface area contributed by atoms with Gasteiger partial charge < -0.3 is 9.30 Å². The third-order valence-electron chi connectivity index (χ3n) is 6.37. The number of aryl methyl sites for hydroxylation is 2. The lowest BCUT2D eigenvalue weighted by molar-refractivity contribution is -0.119. The second-order valence-electron chi connectivity index (χ2n) is 9.25. The van der Waals surface area contributed by atoms with E-state index < -0.39 is 22.5 Å². The van der Waals surface area contributed by atoms with Crippen molar-refractivity contribution in [1.29, 1.82) is 0 Å². The molecule has 1 aromatic heterocycles. The lowest BCUT2D eigenvalue weighted by Crippen LogP contribution is -2.39. The Bertz CT molecular complexity index is 1700. The van der Waals surface area contributed by atoms with E-state index in [4.69, 9.17) is 27.9 Å².